The molecule has 1 aliphatic rings. The van der Waals surface area contributed by atoms with Crippen molar-refractivity contribution in [1.82, 2.24) is 0 Å². The first-order chi connectivity index (χ1) is 10.1. The summed E-state index contributed by atoms with van der Waals surface area (Å²) in [5.41, 5.74) is 4.89. The molecule has 0 heterocycles. The zero-order valence-electron chi connectivity index (χ0n) is 12.1. The Hall–Kier alpha value is -1.51. The second kappa shape index (κ2) is 6.08. The Kier molecular flexibility index (Phi) is 4.18. The molecule has 0 amide bonds. The van der Waals surface area contributed by atoms with E-state index in [9.17, 15) is 5.11 Å². The van der Waals surface area contributed by atoms with Gasteiger partial charge in [-0.3, -0.25) is 0 Å². The predicted molar refractivity (Wildman–Crippen MR) is 84.9 cm³/mol. The molecule has 21 heavy (non-hydrogen) atoms. The van der Waals surface area contributed by atoms with Gasteiger partial charge >= 0.3 is 0 Å². The van der Waals surface area contributed by atoms with Crippen LogP contribution in [0.3, 0.4) is 0 Å². The van der Waals surface area contributed by atoms with E-state index in [2.05, 4.69) is 18.2 Å². The SMILES string of the molecule is CC(O)c1ccc(OCc2ccc3c(c2)CCC3)c(Cl)c1. The van der Waals surface area contributed by atoms with E-state index < -0.39 is 6.10 Å². The van der Waals surface area contributed by atoms with Gasteiger partial charge in [0.25, 0.3) is 0 Å². The number of halogens is 1. The molecule has 0 saturated carbocycles. The third-order valence-corrected chi connectivity index (χ3v) is 4.29. The van der Waals surface area contributed by atoms with Crippen LogP contribution < -0.4 is 4.74 Å². The maximum atomic E-state index is 9.54. The lowest BCUT2D eigenvalue weighted by Gasteiger charge is -2.11. The average molecular weight is 303 g/mol. The second-order valence-corrected chi connectivity index (χ2v) is 6.02. The molecule has 0 aliphatic heterocycles. The van der Waals surface area contributed by atoms with Crippen LogP contribution in [0, 0.1) is 0 Å². The van der Waals surface area contributed by atoms with Gasteiger partial charge in [0.15, 0.2) is 0 Å². The number of rotatable bonds is 4. The van der Waals surface area contributed by atoms with Crippen LogP contribution in [0.1, 0.15) is 41.7 Å². The van der Waals surface area contributed by atoms with E-state index in [4.69, 9.17) is 16.3 Å². The molecule has 0 spiro atoms. The summed E-state index contributed by atoms with van der Waals surface area (Å²) in [6.45, 7) is 2.23. The molecule has 0 fully saturated rings. The lowest BCUT2D eigenvalue weighted by atomic mass is 10.1. The van der Waals surface area contributed by atoms with Crippen LogP contribution in [0.25, 0.3) is 0 Å². The van der Waals surface area contributed by atoms with Crippen molar-refractivity contribution in [3.05, 3.63) is 63.7 Å². The molecule has 1 atom stereocenters. The number of aliphatic hydroxyl groups is 1. The molecule has 3 heteroatoms. The first kappa shape index (κ1) is 14.4. The molecular formula is C18H19ClO2. The quantitative estimate of drug-likeness (QED) is 0.903. The first-order valence-corrected chi connectivity index (χ1v) is 7.72. The topological polar surface area (TPSA) is 29.5 Å². The van der Waals surface area contributed by atoms with Gasteiger partial charge in [-0.15, -0.1) is 0 Å². The molecular weight excluding hydrogens is 284 g/mol. The molecule has 1 aliphatic carbocycles. The Bertz CT molecular complexity index is 650. The van der Waals surface area contributed by atoms with Crippen molar-refractivity contribution in [2.75, 3.05) is 0 Å². The van der Waals surface area contributed by atoms with Crippen molar-refractivity contribution < 1.29 is 9.84 Å². The molecule has 1 unspecified atom stereocenters. The van der Waals surface area contributed by atoms with Crippen LogP contribution in [0.4, 0.5) is 0 Å². The maximum Gasteiger partial charge on any atom is 0.138 e. The molecule has 110 valence electrons. The highest BCUT2D eigenvalue weighted by molar-refractivity contribution is 6.32. The van der Waals surface area contributed by atoms with E-state index >= 15 is 0 Å². The van der Waals surface area contributed by atoms with Gasteiger partial charge in [-0.1, -0.05) is 35.9 Å². The van der Waals surface area contributed by atoms with Gasteiger partial charge in [0.1, 0.15) is 12.4 Å². The van der Waals surface area contributed by atoms with Crippen LogP contribution in [-0.4, -0.2) is 5.11 Å². The van der Waals surface area contributed by atoms with Crippen molar-refractivity contribution in [2.45, 2.75) is 38.9 Å². The minimum atomic E-state index is -0.520. The summed E-state index contributed by atoms with van der Waals surface area (Å²) in [6, 6.07) is 12.0. The minimum absolute atomic E-state index is 0.515. The molecule has 0 bridgehead atoms. The third-order valence-electron chi connectivity index (χ3n) is 4.00. The fourth-order valence-electron chi connectivity index (χ4n) is 2.77. The lowest BCUT2D eigenvalue weighted by molar-refractivity contribution is 0.199. The molecule has 0 radical (unpaired) electrons. The highest BCUT2D eigenvalue weighted by Gasteiger charge is 2.11. The van der Waals surface area contributed by atoms with Crippen molar-refractivity contribution in [3.8, 4) is 5.75 Å². The molecule has 1 N–H and O–H groups in total. The normalized spacial score (nSPS) is 14.8. The fraction of sp³-hybridized carbons (Fsp3) is 0.333. The number of fused-ring (bicyclic) bond motifs is 1. The Morgan fingerprint density at radius 3 is 2.71 bits per heavy atom. The van der Waals surface area contributed by atoms with E-state index in [0.29, 0.717) is 17.4 Å². The molecule has 3 rings (SSSR count). The zero-order valence-corrected chi connectivity index (χ0v) is 12.9. The highest BCUT2D eigenvalue weighted by Crippen LogP contribution is 2.29. The monoisotopic (exact) mass is 302 g/mol. The van der Waals surface area contributed by atoms with Crippen molar-refractivity contribution in [2.24, 2.45) is 0 Å². The van der Waals surface area contributed by atoms with Crippen LogP contribution in [0.5, 0.6) is 5.75 Å². The summed E-state index contributed by atoms with van der Waals surface area (Å²) in [5, 5.41) is 10.1. The van der Waals surface area contributed by atoms with Gasteiger partial charge < -0.3 is 9.84 Å². The summed E-state index contributed by atoms with van der Waals surface area (Å²) in [5.74, 6) is 0.654. The standard InChI is InChI=1S/C18H19ClO2/c1-12(20)15-7-8-18(17(19)10-15)21-11-13-5-6-14-3-2-4-16(14)9-13/h5-10,12,20H,2-4,11H2,1H3. The zero-order chi connectivity index (χ0) is 14.8. The van der Waals surface area contributed by atoms with Gasteiger partial charge in [0.2, 0.25) is 0 Å². The second-order valence-electron chi connectivity index (χ2n) is 5.61. The van der Waals surface area contributed by atoms with Crippen LogP contribution >= 0.6 is 11.6 Å². The summed E-state index contributed by atoms with van der Waals surface area (Å²) in [6.07, 6.45) is 3.11. The van der Waals surface area contributed by atoms with Crippen molar-refractivity contribution in [1.29, 1.82) is 0 Å². The van der Waals surface area contributed by atoms with Crippen molar-refractivity contribution >= 4 is 11.6 Å². The van der Waals surface area contributed by atoms with Gasteiger partial charge in [0.05, 0.1) is 11.1 Å². The van der Waals surface area contributed by atoms with E-state index in [0.717, 1.165) is 5.56 Å². The van der Waals surface area contributed by atoms with Crippen LogP contribution in [-0.2, 0) is 19.4 Å². The van der Waals surface area contributed by atoms with E-state index in [-0.39, 0.29) is 0 Å². The van der Waals surface area contributed by atoms with Gasteiger partial charge in [-0.05, 0) is 60.6 Å². The molecule has 0 aromatic heterocycles. The van der Waals surface area contributed by atoms with Gasteiger partial charge in [0, 0.05) is 0 Å². The predicted octanol–water partition coefficient (Wildman–Crippen LogP) is 4.46. The lowest BCUT2D eigenvalue weighted by Crippen LogP contribution is -1.98. The Morgan fingerprint density at radius 2 is 1.95 bits per heavy atom. The largest absolute Gasteiger partial charge is 0.487 e. The summed E-state index contributed by atoms with van der Waals surface area (Å²) in [4.78, 5) is 0. The summed E-state index contributed by atoms with van der Waals surface area (Å²) < 4.78 is 5.80. The molecule has 2 aromatic carbocycles. The summed E-state index contributed by atoms with van der Waals surface area (Å²) in [7, 11) is 0. The number of aliphatic hydroxyl groups excluding tert-OH is 1. The Labute approximate surface area is 130 Å². The van der Waals surface area contributed by atoms with Crippen LogP contribution in [0.2, 0.25) is 5.02 Å². The number of aryl methyl sites for hydroxylation is 2. The number of hydrogen-bond acceptors (Lipinski definition) is 2. The third kappa shape index (κ3) is 3.22. The number of benzene rings is 2. The molecule has 0 saturated heterocycles. The average Bonchev–Trinajstić information content (AvgIpc) is 2.93. The number of ether oxygens (including phenoxy) is 1. The van der Waals surface area contributed by atoms with E-state index in [1.165, 1.54) is 36.0 Å². The van der Waals surface area contributed by atoms with Gasteiger partial charge in [-0.25, -0.2) is 0 Å². The Morgan fingerprint density at radius 1 is 1.14 bits per heavy atom. The van der Waals surface area contributed by atoms with Crippen LogP contribution in [0.15, 0.2) is 36.4 Å². The molecule has 2 aromatic rings. The fourth-order valence-corrected chi connectivity index (χ4v) is 3.01. The highest BCUT2D eigenvalue weighted by atomic mass is 35.5. The molecule has 2 nitrogen and oxygen atoms in total. The minimum Gasteiger partial charge on any atom is -0.487 e. The smallest absolute Gasteiger partial charge is 0.138 e. The Balaban J connectivity index is 1.70. The first-order valence-electron chi connectivity index (χ1n) is 7.34. The van der Waals surface area contributed by atoms with Gasteiger partial charge in [-0.2, -0.15) is 0 Å². The van der Waals surface area contributed by atoms with Crippen molar-refractivity contribution in [3.63, 3.8) is 0 Å². The van der Waals surface area contributed by atoms with E-state index in [1.54, 1.807) is 13.0 Å². The maximum absolute atomic E-state index is 9.54. The summed E-state index contributed by atoms with van der Waals surface area (Å²) >= 11 is 6.20. The number of hydrogen-bond donors (Lipinski definition) is 1. The van der Waals surface area contributed by atoms with E-state index in [1.807, 2.05) is 12.1 Å².